The Morgan fingerprint density at radius 1 is 0.750 bits per heavy atom. The number of hydrogen-bond donors (Lipinski definition) is 0. The van der Waals surface area contributed by atoms with Crippen LogP contribution >= 0.6 is 0 Å². The maximum absolute atomic E-state index is 4.02. The molecule has 2 rings (SSSR count). The highest BCUT2D eigenvalue weighted by Gasteiger charge is 2.53. The van der Waals surface area contributed by atoms with Crippen LogP contribution in [0.1, 0.15) is 38.5 Å². The summed E-state index contributed by atoms with van der Waals surface area (Å²) in [6.07, 6.45) is 12.6. The zero-order valence-electron chi connectivity index (χ0n) is 7.81. The zero-order valence-corrected chi connectivity index (χ0v) is 7.81. The van der Waals surface area contributed by atoms with Gasteiger partial charge in [-0.2, -0.15) is 0 Å². The van der Waals surface area contributed by atoms with Crippen LogP contribution in [-0.2, 0) is 0 Å². The smallest absolute Gasteiger partial charge is 0.00301 e. The average molecular weight is 162 g/mol. The Morgan fingerprint density at radius 3 is 1.33 bits per heavy atom. The summed E-state index contributed by atoms with van der Waals surface area (Å²) in [6, 6.07) is 0. The minimum Gasteiger partial charge on any atom is -0.102 e. The van der Waals surface area contributed by atoms with Crippen molar-refractivity contribution in [1.29, 1.82) is 0 Å². The first-order chi connectivity index (χ1) is 5.79. The van der Waals surface area contributed by atoms with Gasteiger partial charge in [0.25, 0.3) is 0 Å². The molecule has 0 radical (unpaired) electrons. The highest BCUT2D eigenvalue weighted by atomic mass is 14.6. The van der Waals surface area contributed by atoms with Gasteiger partial charge >= 0.3 is 0 Å². The molecule has 0 saturated heterocycles. The van der Waals surface area contributed by atoms with Crippen LogP contribution in [0.15, 0.2) is 25.3 Å². The maximum Gasteiger partial charge on any atom is -0.00301 e. The highest BCUT2D eigenvalue weighted by molar-refractivity contribution is 5.20. The topological polar surface area (TPSA) is 0 Å². The first kappa shape index (κ1) is 8.10. The fourth-order valence-corrected chi connectivity index (χ4v) is 3.50. The van der Waals surface area contributed by atoms with Crippen molar-refractivity contribution in [2.75, 3.05) is 0 Å². The second-order valence-electron chi connectivity index (χ2n) is 4.43. The SMILES string of the molecule is C=CC12CCCC1(C=C)CCC2. The summed E-state index contributed by atoms with van der Waals surface area (Å²) >= 11 is 0. The third-order valence-electron chi connectivity index (χ3n) is 4.26. The van der Waals surface area contributed by atoms with E-state index < -0.39 is 0 Å². The van der Waals surface area contributed by atoms with E-state index in [0.29, 0.717) is 10.8 Å². The van der Waals surface area contributed by atoms with E-state index in [1.165, 1.54) is 38.5 Å². The van der Waals surface area contributed by atoms with Gasteiger partial charge < -0.3 is 0 Å². The van der Waals surface area contributed by atoms with Crippen LogP contribution < -0.4 is 0 Å². The molecule has 66 valence electrons. The Morgan fingerprint density at radius 2 is 1.08 bits per heavy atom. The molecule has 0 aromatic heterocycles. The molecule has 0 spiro atoms. The van der Waals surface area contributed by atoms with Crippen molar-refractivity contribution in [3.05, 3.63) is 25.3 Å². The van der Waals surface area contributed by atoms with E-state index in [9.17, 15) is 0 Å². The number of allylic oxidation sites excluding steroid dienone is 2. The van der Waals surface area contributed by atoms with E-state index >= 15 is 0 Å². The minimum atomic E-state index is 0.439. The largest absolute Gasteiger partial charge is 0.102 e. The molecule has 0 amide bonds. The lowest BCUT2D eigenvalue weighted by Gasteiger charge is -2.35. The van der Waals surface area contributed by atoms with Crippen molar-refractivity contribution in [1.82, 2.24) is 0 Å². The first-order valence-electron chi connectivity index (χ1n) is 5.06. The minimum absolute atomic E-state index is 0.439. The zero-order chi connectivity index (χ0) is 8.66. The molecule has 0 nitrogen and oxygen atoms in total. The fourth-order valence-electron chi connectivity index (χ4n) is 3.50. The quantitative estimate of drug-likeness (QED) is 0.543. The van der Waals surface area contributed by atoms with Crippen molar-refractivity contribution >= 4 is 0 Å². The van der Waals surface area contributed by atoms with E-state index in [2.05, 4.69) is 25.3 Å². The maximum atomic E-state index is 4.02. The Hall–Kier alpha value is -0.520. The Kier molecular flexibility index (Phi) is 1.67. The predicted octanol–water partition coefficient (Wildman–Crippen LogP) is 3.70. The van der Waals surface area contributed by atoms with Crippen LogP contribution in [-0.4, -0.2) is 0 Å². The molecule has 0 aliphatic heterocycles. The molecule has 0 N–H and O–H groups in total. The van der Waals surface area contributed by atoms with Gasteiger partial charge in [0, 0.05) is 0 Å². The van der Waals surface area contributed by atoms with Crippen molar-refractivity contribution in [3.63, 3.8) is 0 Å². The number of hydrogen-bond acceptors (Lipinski definition) is 0. The summed E-state index contributed by atoms with van der Waals surface area (Å²) in [4.78, 5) is 0. The van der Waals surface area contributed by atoms with Crippen LogP contribution in [0.5, 0.6) is 0 Å². The van der Waals surface area contributed by atoms with E-state index in [1.807, 2.05) is 0 Å². The van der Waals surface area contributed by atoms with Gasteiger partial charge in [-0.15, -0.1) is 13.2 Å². The highest BCUT2D eigenvalue weighted by Crippen LogP contribution is 2.64. The standard InChI is InChI=1S/C12H18/c1-3-11-7-5-9-12(11,4-2)10-6-8-11/h3-4H,1-2,5-10H2. The fraction of sp³-hybridized carbons (Fsp3) is 0.667. The molecule has 0 aromatic carbocycles. The van der Waals surface area contributed by atoms with Gasteiger partial charge in [0.05, 0.1) is 0 Å². The second kappa shape index (κ2) is 2.48. The molecule has 0 heteroatoms. The third kappa shape index (κ3) is 0.734. The predicted molar refractivity (Wildman–Crippen MR) is 53.0 cm³/mol. The van der Waals surface area contributed by atoms with Crippen molar-refractivity contribution in [2.24, 2.45) is 10.8 Å². The normalized spacial score (nSPS) is 45.7. The number of rotatable bonds is 2. The van der Waals surface area contributed by atoms with Crippen molar-refractivity contribution in [2.45, 2.75) is 38.5 Å². The van der Waals surface area contributed by atoms with Crippen molar-refractivity contribution in [3.8, 4) is 0 Å². The molecule has 2 aliphatic carbocycles. The van der Waals surface area contributed by atoms with Crippen LogP contribution in [0.25, 0.3) is 0 Å². The van der Waals surface area contributed by atoms with Gasteiger partial charge in [-0.1, -0.05) is 25.0 Å². The Balaban J connectivity index is 2.41. The average Bonchev–Trinajstić information content (AvgIpc) is 2.58. The summed E-state index contributed by atoms with van der Waals surface area (Å²) in [5.41, 5.74) is 0.878. The van der Waals surface area contributed by atoms with E-state index in [0.717, 1.165) is 0 Å². The molecule has 2 saturated carbocycles. The monoisotopic (exact) mass is 162 g/mol. The van der Waals surface area contributed by atoms with E-state index in [-0.39, 0.29) is 0 Å². The lowest BCUT2D eigenvalue weighted by molar-refractivity contribution is 0.234. The van der Waals surface area contributed by atoms with Gasteiger partial charge in [-0.3, -0.25) is 0 Å². The van der Waals surface area contributed by atoms with Crippen LogP contribution in [0.2, 0.25) is 0 Å². The molecule has 2 fully saturated rings. The summed E-state index contributed by atoms with van der Waals surface area (Å²) in [6.45, 7) is 8.04. The van der Waals surface area contributed by atoms with Gasteiger partial charge in [0.2, 0.25) is 0 Å². The molecular weight excluding hydrogens is 144 g/mol. The van der Waals surface area contributed by atoms with Gasteiger partial charge in [0.15, 0.2) is 0 Å². The molecule has 0 unspecified atom stereocenters. The summed E-state index contributed by atoms with van der Waals surface area (Å²) < 4.78 is 0. The molecule has 0 bridgehead atoms. The molecule has 12 heavy (non-hydrogen) atoms. The molecule has 0 heterocycles. The van der Waals surface area contributed by atoms with Crippen molar-refractivity contribution < 1.29 is 0 Å². The van der Waals surface area contributed by atoms with Crippen LogP contribution in [0.3, 0.4) is 0 Å². The molecule has 2 aliphatic rings. The Bertz CT molecular complexity index is 180. The Labute approximate surface area is 75.4 Å². The summed E-state index contributed by atoms with van der Waals surface area (Å²) in [5.74, 6) is 0. The molecular formula is C12H18. The second-order valence-corrected chi connectivity index (χ2v) is 4.43. The summed E-state index contributed by atoms with van der Waals surface area (Å²) in [7, 11) is 0. The van der Waals surface area contributed by atoms with E-state index in [4.69, 9.17) is 0 Å². The van der Waals surface area contributed by atoms with Gasteiger partial charge in [0.1, 0.15) is 0 Å². The number of fused-ring (bicyclic) bond motifs is 1. The lowest BCUT2D eigenvalue weighted by atomic mass is 9.68. The van der Waals surface area contributed by atoms with Crippen LogP contribution in [0, 0.1) is 10.8 Å². The van der Waals surface area contributed by atoms with E-state index in [1.54, 1.807) is 0 Å². The van der Waals surface area contributed by atoms with Gasteiger partial charge in [-0.05, 0) is 36.5 Å². The molecule has 0 aromatic rings. The van der Waals surface area contributed by atoms with Crippen LogP contribution in [0.4, 0.5) is 0 Å². The molecule has 0 atom stereocenters. The lowest BCUT2D eigenvalue weighted by Crippen LogP contribution is -2.27. The third-order valence-corrected chi connectivity index (χ3v) is 4.26. The first-order valence-corrected chi connectivity index (χ1v) is 5.06. The van der Waals surface area contributed by atoms with Gasteiger partial charge in [-0.25, -0.2) is 0 Å². The summed E-state index contributed by atoms with van der Waals surface area (Å²) in [5, 5.41) is 0.